The van der Waals surface area contributed by atoms with E-state index >= 15 is 0 Å². The lowest BCUT2D eigenvalue weighted by Crippen LogP contribution is -2.46. The van der Waals surface area contributed by atoms with Crippen molar-refractivity contribution in [1.29, 1.82) is 0 Å². The van der Waals surface area contributed by atoms with E-state index in [0.717, 1.165) is 12.8 Å². The highest BCUT2D eigenvalue weighted by Crippen LogP contribution is 2.23. The van der Waals surface area contributed by atoms with Crippen LogP contribution in [0, 0.1) is 11.8 Å². The van der Waals surface area contributed by atoms with E-state index in [1.807, 2.05) is 6.92 Å². The number of carbonyl (C=O) groups excluding carboxylic acids is 1. The molecule has 0 bridgehead atoms. The molecule has 0 aromatic carbocycles. The molecule has 0 aromatic rings. The number of ether oxygens (including phenoxy) is 1. The van der Waals surface area contributed by atoms with Gasteiger partial charge in [0.2, 0.25) is 0 Å². The van der Waals surface area contributed by atoms with Gasteiger partial charge in [0.1, 0.15) is 0 Å². The summed E-state index contributed by atoms with van der Waals surface area (Å²) >= 11 is 0. The highest BCUT2D eigenvalue weighted by atomic mass is 16.5. The summed E-state index contributed by atoms with van der Waals surface area (Å²) in [7, 11) is 0. The molecule has 2 atom stereocenters. The first-order chi connectivity index (χ1) is 8.58. The van der Waals surface area contributed by atoms with Gasteiger partial charge in [-0.3, -0.25) is 4.79 Å². The van der Waals surface area contributed by atoms with Gasteiger partial charge in [0.05, 0.1) is 5.92 Å². The lowest BCUT2D eigenvalue weighted by atomic mass is 9.99. The van der Waals surface area contributed by atoms with Gasteiger partial charge in [-0.05, 0) is 18.8 Å². The van der Waals surface area contributed by atoms with Crippen LogP contribution in [0.15, 0.2) is 0 Å². The second-order valence-corrected chi connectivity index (χ2v) is 5.16. The monoisotopic (exact) mass is 256 g/mol. The Morgan fingerprint density at radius 2 is 1.94 bits per heavy atom. The lowest BCUT2D eigenvalue weighted by molar-refractivity contribution is -0.142. The number of nitrogens with zero attached hydrogens (tertiary/aromatic N) is 1. The molecule has 102 valence electrons. The van der Waals surface area contributed by atoms with Crippen LogP contribution >= 0.6 is 0 Å². The average molecular weight is 256 g/mol. The summed E-state index contributed by atoms with van der Waals surface area (Å²) in [5, 5.41) is 12.0. The number of urea groups is 1. The summed E-state index contributed by atoms with van der Waals surface area (Å²) in [6.45, 7) is 4.07. The van der Waals surface area contributed by atoms with Gasteiger partial charge in [0, 0.05) is 32.3 Å². The fraction of sp³-hybridized carbons (Fsp3) is 0.833. The van der Waals surface area contributed by atoms with Crippen LogP contribution in [0.25, 0.3) is 0 Å². The van der Waals surface area contributed by atoms with Crippen LogP contribution in [0.5, 0.6) is 0 Å². The van der Waals surface area contributed by atoms with Crippen molar-refractivity contribution in [1.82, 2.24) is 10.2 Å². The third kappa shape index (κ3) is 2.93. The topological polar surface area (TPSA) is 78.9 Å². The van der Waals surface area contributed by atoms with Gasteiger partial charge in [0.15, 0.2) is 0 Å². The second kappa shape index (κ2) is 5.56. The zero-order valence-electron chi connectivity index (χ0n) is 10.6. The van der Waals surface area contributed by atoms with E-state index < -0.39 is 11.9 Å². The van der Waals surface area contributed by atoms with Gasteiger partial charge < -0.3 is 20.1 Å². The molecule has 6 heteroatoms. The Morgan fingerprint density at radius 3 is 2.50 bits per heavy atom. The van der Waals surface area contributed by atoms with Gasteiger partial charge in [-0.2, -0.15) is 0 Å². The van der Waals surface area contributed by atoms with Crippen molar-refractivity contribution < 1.29 is 19.4 Å². The predicted molar refractivity (Wildman–Crippen MR) is 64.2 cm³/mol. The minimum atomic E-state index is -0.816. The molecule has 0 unspecified atom stereocenters. The van der Waals surface area contributed by atoms with Crippen molar-refractivity contribution in [2.45, 2.75) is 25.8 Å². The number of nitrogens with one attached hydrogen (secondary N) is 1. The summed E-state index contributed by atoms with van der Waals surface area (Å²) in [4.78, 5) is 24.6. The molecule has 2 amide bonds. The van der Waals surface area contributed by atoms with Crippen molar-refractivity contribution >= 4 is 12.0 Å². The van der Waals surface area contributed by atoms with Crippen molar-refractivity contribution in [2.24, 2.45) is 11.8 Å². The van der Waals surface area contributed by atoms with E-state index in [-0.39, 0.29) is 18.0 Å². The van der Waals surface area contributed by atoms with E-state index in [9.17, 15) is 9.59 Å². The van der Waals surface area contributed by atoms with Crippen LogP contribution in [-0.2, 0) is 9.53 Å². The maximum atomic E-state index is 12.0. The Hall–Kier alpha value is -1.30. The van der Waals surface area contributed by atoms with Crippen molar-refractivity contribution in [3.05, 3.63) is 0 Å². The lowest BCUT2D eigenvalue weighted by Gasteiger charge is -2.26. The van der Waals surface area contributed by atoms with Crippen LogP contribution in [-0.4, -0.2) is 54.4 Å². The molecule has 2 aliphatic heterocycles. The quantitative estimate of drug-likeness (QED) is 0.755. The third-order valence-electron chi connectivity index (χ3n) is 3.77. The van der Waals surface area contributed by atoms with E-state index in [2.05, 4.69) is 5.32 Å². The van der Waals surface area contributed by atoms with Gasteiger partial charge in [-0.15, -0.1) is 0 Å². The number of aliphatic carboxylic acids is 1. The number of rotatable bonds is 2. The van der Waals surface area contributed by atoms with Crippen molar-refractivity contribution in [3.63, 3.8) is 0 Å². The molecule has 2 aliphatic rings. The maximum absolute atomic E-state index is 12.0. The standard InChI is InChI=1S/C12H20N2O4/c1-8-6-14(7-10(8)11(15)16)12(17)13-9-2-4-18-5-3-9/h8-10H,2-7H2,1H3,(H,13,17)(H,15,16)/t8-,10-/m1/s1. The summed E-state index contributed by atoms with van der Waals surface area (Å²) < 4.78 is 5.23. The number of amides is 2. The number of likely N-dealkylation sites (tertiary alicyclic amines) is 1. The zero-order chi connectivity index (χ0) is 13.1. The zero-order valence-corrected chi connectivity index (χ0v) is 10.6. The summed E-state index contributed by atoms with van der Waals surface area (Å²) in [6, 6.07) is 0.0166. The first-order valence-corrected chi connectivity index (χ1v) is 6.44. The van der Waals surface area contributed by atoms with E-state index in [1.54, 1.807) is 4.90 Å². The molecule has 0 aliphatic carbocycles. The van der Waals surface area contributed by atoms with Crippen LogP contribution in [0.3, 0.4) is 0 Å². The van der Waals surface area contributed by atoms with Gasteiger partial charge in [-0.25, -0.2) is 4.79 Å². The Balaban J connectivity index is 1.84. The smallest absolute Gasteiger partial charge is 0.317 e. The molecule has 6 nitrogen and oxygen atoms in total. The summed E-state index contributed by atoms with van der Waals surface area (Å²) in [5.74, 6) is -1.24. The van der Waals surface area contributed by atoms with E-state index in [4.69, 9.17) is 9.84 Å². The summed E-state index contributed by atoms with van der Waals surface area (Å²) in [5.41, 5.74) is 0. The molecule has 18 heavy (non-hydrogen) atoms. The number of carboxylic acid groups (broad SMARTS) is 1. The molecule has 2 saturated heterocycles. The normalized spacial score (nSPS) is 29.3. The van der Waals surface area contributed by atoms with E-state index in [0.29, 0.717) is 26.3 Å². The largest absolute Gasteiger partial charge is 0.481 e. The second-order valence-electron chi connectivity index (χ2n) is 5.16. The molecular formula is C12H20N2O4. The molecular weight excluding hydrogens is 236 g/mol. The average Bonchev–Trinajstić information content (AvgIpc) is 2.73. The molecule has 0 spiro atoms. The highest BCUT2D eigenvalue weighted by molar-refractivity contribution is 5.77. The number of carbonyl (C=O) groups is 2. The molecule has 0 aromatic heterocycles. The Bertz CT molecular complexity index is 328. The number of hydrogen-bond donors (Lipinski definition) is 2. The van der Waals surface area contributed by atoms with Crippen molar-refractivity contribution in [2.75, 3.05) is 26.3 Å². The molecule has 2 N–H and O–H groups in total. The van der Waals surface area contributed by atoms with Gasteiger partial charge in [-0.1, -0.05) is 6.92 Å². The van der Waals surface area contributed by atoms with Gasteiger partial charge >= 0.3 is 12.0 Å². The molecule has 2 heterocycles. The first-order valence-electron chi connectivity index (χ1n) is 6.44. The minimum absolute atomic E-state index is 0.0166. The third-order valence-corrected chi connectivity index (χ3v) is 3.77. The Labute approximate surface area is 106 Å². The molecule has 2 rings (SSSR count). The highest BCUT2D eigenvalue weighted by Gasteiger charge is 2.37. The van der Waals surface area contributed by atoms with Crippen LogP contribution in [0.4, 0.5) is 4.79 Å². The maximum Gasteiger partial charge on any atom is 0.317 e. The van der Waals surface area contributed by atoms with E-state index in [1.165, 1.54) is 0 Å². The SMILES string of the molecule is C[C@@H]1CN(C(=O)NC2CCOCC2)C[C@H]1C(=O)O. The molecule has 0 radical (unpaired) electrons. The first kappa shape index (κ1) is 13.1. The number of carboxylic acids is 1. The van der Waals surface area contributed by atoms with Crippen LogP contribution in [0.2, 0.25) is 0 Å². The number of hydrogen-bond acceptors (Lipinski definition) is 3. The Kier molecular flexibility index (Phi) is 4.06. The molecule has 2 fully saturated rings. The fourth-order valence-corrected chi connectivity index (χ4v) is 2.56. The van der Waals surface area contributed by atoms with Crippen molar-refractivity contribution in [3.8, 4) is 0 Å². The van der Waals surface area contributed by atoms with Gasteiger partial charge in [0.25, 0.3) is 0 Å². The molecule has 0 saturated carbocycles. The predicted octanol–water partition coefficient (Wildman–Crippen LogP) is 0.527. The van der Waals surface area contributed by atoms with Crippen LogP contribution < -0.4 is 5.32 Å². The summed E-state index contributed by atoms with van der Waals surface area (Å²) in [6.07, 6.45) is 1.66. The Morgan fingerprint density at radius 1 is 1.28 bits per heavy atom. The minimum Gasteiger partial charge on any atom is -0.481 e. The van der Waals surface area contributed by atoms with Crippen LogP contribution in [0.1, 0.15) is 19.8 Å². The fourth-order valence-electron chi connectivity index (χ4n) is 2.56.